The molecule has 0 aliphatic carbocycles. The van der Waals surface area contributed by atoms with Crippen LogP contribution in [0, 0.1) is 0 Å². The Morgan fingerprint density at radius 3 is 2.39 bits per heavy atom. The number of nitrogens with zero attached hydrogens (tertiary/aromatic N) is 1. The van der Waals surface area contributed by atoms with Crippen molar-refractivity contribution in [2.75, 3.05) is 4.44 Å². The van der Waals surface area contributed by atoms with E-state index in [1.54, 1.807) is 0 Å². The Morgan fingerprint density at radius 2 is 1.61 bits per heavy atom. The minimum absolute atomic E-state index is 1.17. The summed E-state index contributed by atoms with van der Waals surface area (Å²) < 4.78 is 2.01. The quantitative estimate of drug-likeness (QED) is 0.498. The zero-order chi connectivity index (χ0) is 16.2. The van der Waals surface area contributed by atoms with Crippen LogP contribution in [0.1, 0.15) is 25.3 Å². The van der Waals surface area contributed by atoms with E-state index >= 15 is 0 Å². The number of aryl methyl sites for hydroxylation is 1. The van der Waals surface area contributed by atoms with E-state index in [1.165, 1.54) is 52.4 Å². The summed E-state index contributed by atoms with van der Waals surface area (Å²) in [5.41, 5.74) is 5.12. The van der Waals surface area contributed by atoms with Crippen molar-refractivity contribution < 1.29 is 0 Å². The summed E-state index contributed by atoms with van der Waals surface area (Å²) in [6.45, 7) is 2.24. The molecule has 0 fully saturated rings. The molecule has 3 rings (SSSR count). The predicted molar refractivity (Wildman–Crippen MR) is 110 cm³/mol. The van der Waals surface area contributed by atoms with Gasteiger partial charge in [-0.15, -0.1) is 0 Å². The molecule has 23 heavy (non-hydrogen) atoms. The van der Waals surface area contributed by atoms with E-state index in [2.05, 4.69) is 86.4 Å². The minimum Gasteiger partial charge on any atom is -0.340 e. The first-order valence-corrected chi connectivity index (χ1v) is 9.14. The van der Waals surface area contributed by atoms with Crippen LogP contribution in [-0.2, 0) is 6.42 Å². The van der Waals surface area contributed by atoms with Gasteiger partial charge >= 0.3 is 0 Å². The van der Waals surface area contributed by atoms with Crippen LogP contribution in [0.15, 0.2) is 60.7 Å². The molecule has 0 spiro atoms. The summed E-state index contributed by atoms with van der Waals surface area (Å²) in [7, 11) is 5.41. The molecule has 0 bridgehead atoms. The standard InChI is InChI=1S/C20H23NP2/c1-2-3-6-15-9-10-17-14-18(12-11-16(17)13-15)19-7-4-5-8-20(19)21(22)23/h4-5,7-14H,2-3,6,22-23H2,1H3. The van der Waals surface area contributed by atoms with E-state index in [0.29, 0.717) is 0 Å². The summed E-state index contributed by atoms with van der Waals surface area (Å²) in [5.74, 6) is 0. The van der Waals surface area contributed by atoms with Gasteiger partial charge in [0.1, 0.15) is 0 Å². The van der Waals surface area contributed by atoms with Gasteiger partial charge in [0.05, 0.1) is 5.69 Å². The van der Waals surface area contributed by atoms with Crippen molar-refractivity contribution in [1.29, 1.82) is 0 Å². The van der Waals surface area contributed by atoms with Crippen molar-refractivity contribution >= 4 is 35.2 Å². The largest absolute Gasteiger partial charge is 0.340 e. The number of para-hydroxylation sites is 1. The molecule has 3 aromatic carbocycles. The lowest BCUT2D eigenvalue weighted by Gasteiger charge is -2.17. The first-order valence-electron chi connectivity index (χ1n) is 8.10. The molecule has 0 radical (unpaired) electrons. The fourth-order valence-corrected chi connectivity index (χ4v) is 3.39. The Labute approximate surface area is 143 Å². The van der Waals surface area contributed by atoms with E-state index < -0.39 is 0 Å². The molecule has 2 unspecified atom stereocenters. The smallest absolute Gasteiger partial charge is 0.0502 e. The molecule has 2 atom stereocenters. The fraction of sp³-hybridized carbons (Fsp3) is 0.200. The third-order valence-electron chi connectivity index (χ3n) is 4.22. The Balaban J connectivity index is 2.01. The first-order chi connectivity index (χ1) is 11.2. The number of benzene rings is 3. The second kappa shape index (κ2) is 7.43. The molecule has 1 nitrogen and oxygen atoms in total. The van der Waals surface area contributed by atoms with E-state index in [9.17, 15) is 0 Å². The van der Waals surface area contributed by atoms with Gasteiger partial charge in [0.15, 0.2) is 0 Å². The lowest BCUT2D eigenvalue weighted by Crippen LogP contribution is -1.93. The van der Waals surface area contributed by atoms with Crippen LogP contribution in [0.25, 0.3) is 21.9 Å². The van der Waals surface area contributed by atoms with Crippen LogP contribution in [0.3, 0.4) is 0 Å². The third kappa shape index (κ3) is 3.74. The van der Waals surface area contributed by atoms with Gasteiger partial charge in [0.25, 0.3) is 0 Å². The molecule has 3 aromatic rings. The Morgan fingerprint density at radius 1 is 0.870 bits per heavy atom. The van der Waals surface area contributed by atoms with Gasteiger partial charge in [0, 0.05) is 5.56 Å². The summed E-state index contributed by atoms with van der Waals surface area (Å²) in [4.78, 5) is 0. The van der Waals surface area contributed by atoms with Crippen molar-refractivity contribution in [2.45, 2.75) is 26.2 Å². The third-order valence-corrected chi connectivity index (χ3v) is 4.77. The zero-order valence-corrected chi connectivity index (χ0v) is 15.8. The molecule has 0 aliphatic rings. The highest BCUT2D eigenvalue weighted by atomic mass is 31.1. The van der Waals surface area contributed by atoms with Gasteiger partial charge in [-0.25, -0.2) is 0 Å². The molecule has 0 amide bonds. The van der Waals surface area contributed by atoms with E-state index in [1.807, 2.05) is 4.44 Å². The number of fused-ring (bicyclic) bond motifs is 1. The molecule has 0 heterocycles. The van der Waals surface area contributed by atoms with Crippen molar-refractivity contribution in [2.24, 2.45) is 0 Å². The topological polar surface area (TPSA) is 3.24 Å². The summed E-state index contributed by atoms with van der Waals surface area (Å²) in [6.07, 6.45) is 3.68. The fourth-order valence-electron chi connectivity index (χ4n) is 2.94. The highest BCUT2D eigenvalue weighted by molar-refractivity contribution is 7.39. The highest BCUT2D eigenvalue weighted by Crippen LogP contribution is 2.35. The van der Waals surface area contributed by atoms with Crippen molar-refractivity contribution in [3.63, 3.8) is 0 Å². The summed E-state index contributed by atoms with van der Waals surface area (Å²) in [6, 6.07) is 22.1. The highest BCUT2D eigenvalue weighted by Gasteiger charge is 2.07. The van der Waals surface area contributed by atoms with Crippen LogP contribution < -0.4 is 4.44 Å². The van der Waals surface area contributed by atoms with Crippen molar-refractivity contribution in [3.05, 3.63) is 66.2 Å². The Hall–Kier alpha value is -1.42. The lowest BCUT2D eigenvalue weighted by atomic mass is 9.98. The maximum atomic E-state index is 2.70. The molecule has 118 valence electrons. The Kier molecular flexibility index (Phi) is 5.31. The number of hydrogen-bond acceptors (Lipinski definition) is 1. The Bertz CT molecular complexity index is 812. The van der Waals surface area contributed by atoms with E-state index in [-0.39, 0.29) is 0 Å². The molecule has 0 aromatic heterocycles. The molecule has 0 N–H and O–H groups in total. The molecule has 0 aliphatic heterocycles. The van der Waals surface area contributed by atoms with Crippen LogP contribution in [0.4, 0.5) is 5.69 Å². The van der Waals surface area contributed by atoms with Gasteiger partial charge in [0.2, 0.25) is 0 Å². The predicted octanol–water partition coefficient (Wildman–Crippen LogP) is 6.24. The van der Waals surface area contributed by atoms with Crippen LogP contribution in [0.2, 0.25) is 0 Å². The zero-order valence-electron chi connectivity index (χ0n) is 13.5. The van der Waals surface area contributed by atoms with Gasteiger partial charge in [-0.1, -0.05) is 61.9 Å². The first kappa shape index (κ1) is 16.4. The monoisotopic (exact) mass is 339 g/mol. The SMILES string of the molecule is CCCCc1ccc2cc(-c3ccccc3N(P)P)ccc2c1. The molecule has 0 saturated heterocycles. The molecular formula is C20H23NP2. The maximum Gasteiger partial charge on any atom is 0.0502 e. The number of hydrogen-bond donors (Lipinski definition) is 0. The number of anilines is 1. The normalized spacial score (nSPS) is 10.9. The summed E-state index contributed by atoms with van der Waals surface area (Å²) in [5, 5.41) is 2.63. The second-order valence-electron chi connectivity index (χ2n) is 5.92. The van der Waals surface area contributed by atoms with Crippen molar-refractivity contribution in [1.82, 2.24) is 0 Å². The van der Waals surface area contributed by atoms with Gasteiger partial charge in [-0.2, -0.15) is 0 Å². The second-order valence-corrected chi connectivity index (χ2v) is 7.63. The van der Waals surface area contributed by atoms with Gasteiger partial charge in [-0.05, 0) is 65.7 Å². The average molecular weight is 339 g/mol. The average Bonchev–Trinajstić information content (AvgIpc) is 2.59. The van der Waals surface area contributed by atoms with Crippen LogP contribution >= 0.6 is 18.8 Å². The van der Waals surface area contributed by atoms with E-state index in [0.717, 1.165) is 0 Å². The van der Waals surface area contributed by atoms with Crippen molar-refractivity contribution in [3.8, 4) is 11.1 Å². The summed E-state index contributed by atoms with van der Waals surface area (Å²) >= 11 is 0. The van der Waals surface area contributed by atoms with E-state index in [4.69, 9.17) is 0 Å². The molecule has 3 heteroatoms. The minimum atomic E-state index is 1.17. The number of unbranched alkanes of at least 4 members (excludes halogenated alkanes) is 1. The van der Waals surface area contributed by atoms with Crippen LogP contribution in [0.5, 0.6) is 0 Å². The maximum absolute atomic E-state index is 2.70. The lowest BCUT2D eigenvalue weighted by molar-refractivity contribution is 0.796. The molecule has 0 saturated carbocycles. The number of rotatable bonds is 5. The molecular weight excluding hydrogens is 316 g/mol. The van der Waals surface area contributed by atoms with Gasteiger partial charge in [-0.3, -0.25) is 0 Å². The van der Waals surface area contributed by atoms with Gasteiger partial charge < -0.3 is 4.44 Å². The van der Waals surface area contributed by atoms with Crippen LogP contribution in [-0.4, -0.2) is 0 Å².